The molecule has 9 nitrogen and oxygen atoms in total. The zero-order valence-electron chi connectivity index (χ0n) is 12.4. The summed E-state index contributed by atoms with van der Waals surface area (Å²) in [4.78, 5) is 37.4. The molecule has 0 fully saturated rings. The largest absolute Gasteiger partial charge is 0.437 e. The van der Waals surface area contributed by atoms with Gasteiger partial charge in [-0.2, -0.15) is 0 Å². The van der Waals surface area contributed by atoms with Crippen molar-refractivity contribution in [2.75, 3.05) is 5.32 Å². The lowest BCUT2D eigenvalue weighted by atomic mass is 10.1. The molecule has 0 saturated carbocycles. The lowest BCUT2D eigenvalue weighted by Gasteiger charge is -2.03. The molecule has 1 aromatic heterocycles. The number of anilines is 1. The maximum absolute atomic E-state index is 11.6. The average Bonchev–Trinajstić information content (AvgIpc) is 3.03. The summed E-state index contributed by atoms with van der Waals surface area (Å²) in [5.41, 5.74) is 6.79. The van der Waals surface area contributed by atoms with Gasteiger partial charge >= 0.3 is 11.1 Å². The molecule has 0 saturated heterocycles. The third kappa shape index (κ3) is 4.36. The normalized spacial score (nSPS) is 11.0. The van der Waals surface area contributed by atoms with E-state index in [0.29, 0.717) is 11.3 Å². The zero-order chi connectivity index (χ0) is 17.7. The predicted octanol–water partition coefficient (Wildman–Crippen LogP) is 2.73. The number of nitrogens with zero attached hydrogens (tertiary/aromatic N) is 2. The van der Waals surface area contributed by atoms with Crippen molar-refractivity contribution in [2.45, 2.75) is 6.92 Å². The Labute approximate surface area is 139 Å². The Morgan fingerprint density at radius 1 is 1.29 bits per heavy atom. The Balaban J connectivity index is 1.95. The molecular formula is C14H12N4O5S. The summed E-state index contributed by atoms with van der Waals surface area (Å²) in [6.07, 6.45) is -0.891. The highest BCUT2D eigenvalue weighted by Crippen LogP contribution is 2.22. The predicted molar refractivity (Wildman–Crippen MR) is 88.2 cm³/mol. The number of thiophene rings is 1. The number of ketones is 1. The standard InChI is InChI=1S/C14H12N4O5S/c1-8(19)9-2-4-11(5-3-9)16-14(20)23-17-13(15)10-6-12(18(21)22)24-7-10/h2-7H,1H3,(H2,15,17)(H,16,20). The Morgan fingerprint density at radius 2 is 1.96 bits per heavy atom. The lowest BCUT2D eigenvalue weighted by molar-refractivity contribution is -0.380. The summed E-state index contributed by atoms with van der Waals surface area (Å²) in [6, 6.07) is 7.41. The van der Waals surface area contributed by atoms with Crippen molar-refractivity contribution in [1.82, 2.24) is 0 Å². The fourth-order valence-electron chi connectivity index (χ4n) is 1.63. The number of hydrogen-bond acceptors (Lipinski definition) is 7. The van der Waals surface area contributed by atoms with Crippen LogP contribution < -0.4 is 11.1 Å². The van der Waals surface area contributed by atoms with Crippen LogP contribution >= 0.6 is 11.3 Å². The number of nitrogens with two attached hydrogens (primary N) is 1. The molecule has 0 atom stereocenters. The Morgan fingerprint density at radius 3 is 2.50 bits per heavy atom. The van der Waals surface area contributed by atoms with E-state index < -0.39 is 11.0 Å². The molecule has 0 spiro atoms. The quantitative estimate of drug-likeness (QED) is 0.213. The maximum atomic E-state index is 11.6. The van der Waals surface area contributed by atoms with Crippen LogP contribution in [0.3, 0.4) is 0 Å². The number of benzene rings is 1. The Hall–Kier alpha value is -3.27. The zero-order valence-corrected chi connectivity index (χ0v) is 13.2. The van der Waals surface area contributed by atoms with E-state index in [2.05, 4.69) is 15.3 Å². The van der Waals surface area contributed by atoms with E-state index in [1.165, 1.54) is 30.5 Å². The van der Waals surface area contributed by atoms with Gasteiger partial charge in [-0.05, 0) is 31.2 Å². The van der Waals surface area contributed by atoms with Gasteiger partial charge in [0, 0.05) is 28.3 Å². The van der Waals surface area contributed by atoms with E-state index >= 15 is 0 Å². The van der Waals surface area contributed by atoms with Crippen LogP contribution in [0.1, 0.15) is 22.8 Å². The van der Waals surface area contributed by atoms with Gasteiger partial charge in [-0.15, -0.1) is 0 Å². The van der Waals surface area contributed by atoms with Crippen molar-refractivity contribution in [1.29, 1.82) is 0 Å². The molecule has 0 bridgehead atoms. The average molecular weight is 348 g/mol. The second kappa shape index (κ2) is 7.33. The van der Waals surface area contributed by atoms with Crippen molar-refractivity contribution in [3.8, 4) is 0 Å². The van der Waals surface area contributed by atoms with Crippen LogP contribution in [0.5, 0.6) is 0 Å². The van der Waals surface area contributed by atoms with Gasteiger partial charge in [-0.25, -0.2) is 4.79 Å². The van der Waals surface area contributed by atoms with Crippen molar-refractivity contribution in [3.05, 3.63) is 57.0 Å². The Bertz CT molecular complexity index is 813. The summed E-state index contributed by atoms with van der Waals surface area (Å²) in [5.74, 6) is -0.257. The van der Waals surface area contributed by atoms with Gasteiger partial charge in [0.05, 0.1) is 4.92 Å². The number of hydrogen-bond donors (Lipinski definition) is 2. The van der Waals surface area contributed by atoms with Crippen molar-refractivity contribution in [2.24, 2.45) is 10.9 Å². The second-order valence-electron chi connectivity index (χ2n) is 4.54. The van der Waals surface area contributed by atoms with E-state index in [1.54, 1.807) is 12.1 Å². The van der Waals surface area contributed by atoms with Gasteiger partial charge in [-0.3, -0.25) is 25.1 Å². The van der Waals surface area contributed by atoms with Gasteiger partial charge in [0.2, 0.25) is 0 Å². The number of carbonyl (C=O) groups excluding carboxylic acids is 2. The highest BCUT2D eigenvalue weighted by Gasteiger charge is 2.13. The van der Waals surface area contributed by atoms with E-state index in [9.17, 15) is 19.7 Å². The summed E-state index contributed by atoms with van der Waals surface area (Å²) >= 11 is 0.883. The van der Waals surface area contributed by atoms with Gasteiger partial charge in [0.25, 0.3) is 0 Å². The number of amides is 1. The third-order valence-corrected chi connectivity index (χ3v) is 3.71. The molecule has 1 aromatic carbocycles. The number of nitrogens with one attached hydrogen (secondary N) is 1. The van der Waals surface area contributed by atoms with Crippen molar-refractivity contribution >= 4 is 39.7 Å². The monoisotopic (exact) mass is 348 g/mol. The number of Topliss-reactive ketones (excluding diaryl/α,β-unsaturated/α-hetero) is 1. The molecule has 1 amide bonds. The molecule has 10 heteroatoms. The summed E-state index contributed by atoms with van der Waals surface area (Å²) < 4.78 is 0. The van der Waals surface area contributed by atoms with Gasteiger partial charge in [-0.1, -0.05) is 16.5 Å². The summed E-state index contributed by atoms with van der Waals surface area (Å²) in [7, 11) is 0. The smallest absolute Gasteiger partial charge is 0.380 e. The minimum Gasteiger partial charge on any atom is -0.380 e. The molecule has 3 N–H and O–H groups in total. The lowest BCUT2D eigenvalue weighted by Crippen LogP contribution is -2.17. The maximum Gasteiger partial charge on any atom is 0.437 e. The third-order valence-electron chi connectivity index (χ3n) is 2.83. The van der Waals surface area contributed by atoms with E-state index in [0.717, 1.165) is 11.3 Å². The fraction of sp³-hybridized carbons (Fsp3) is 0.0714. The van der Waals surface area contributed by atoms with E-state index in [-0.39, 0.29) is 22.2 Å². The molecule has 1 heterocycles. The molecule has 2 rings (SSSR count). The minimum atomic E-state index is -0.891. The SMILES string of the molecule is CC(=O)c1ccc(NC(=O)O/N=C(/N)c2csc([N+](=O)[O-])c2)cc1. The van der Waals surface area contributed by atoms with E-state index in [1.807, 2.05) is 0 Å². The van der Waals surface area contributed by atoms with Gasteiger partial charge in [0.15, 0.2) is 11.6 Å². The second-order valence-corrected chi connectivity index (χ2v) is 5.43. The highest BCUT2D eigenvalue weighted by molar-refractivity contribution is 7.13. The van der Waals surface area contributed by atoms with Crippen LogP contribution in [0, 0.1) is 10.1 Å². The van der Waals surface area contributed by atoms with Crippen LogP contribution in [-0.4, -0.2) is 22.6 Å². The molecule has 0 aliphatic heterocycles. The van der Waals surface area contributed by atoms with Crippen molar-refractivity contribution < 1.29 is 19.3 Å². The minimum absolute atomic E-state index is 0.0913. The van der Waals surface area contributed by atoms with Gasteiger partial charge < -0.3 is 5.73 Å². The van der Waals surface area contributed by atoms with Crippen molar-refractivity contribution in [3.63, 3.8) is 0 Å². The molecular weight excluding hydrogens is 336 g/mol. The van der Waals surface area contributed by atoms with Crippen LogP contribution in [0.15, 0.2) is 40.9 Å². The van der Waals surface area contributed by atoms with E-state index in [4.69, 9.17) is 5.73 Å². The van der Waals surface area contributed by atoms with Crippen LogP contribution in [0.4, 0.5) is 15.5 Å². The number of rotatable bonds is 5. The summed E-state index contributed by atoms with van der Waals surface area (Å²) in [5, 5.41) is 17.7. The molecule has 2 aromatic rings. The number of oxime groups is 1. The molecule has 124 valence electrons. The highest BCUT2D eigenvalue weighted by atomic mass is 32.1. The first kappa shape index (κ1) is 17.1. The molecule has 0 aliphatic rings. The first-order valence-corrected chi connectivity index (χ1v) is 7.40. The Kier molecular flexibility index (Phi) is 5.22. The van der Waals surface area contributed by atoms with Crippen LogP contribution in [0.2, 0.25) is 0 Å². The first-order valence-electron chi connectivity index (χ1n) is 6.52. The molecule has 24 heavy (non-hydrogen) atoms. The fourth-order valence-corrected chi connectivity index (χ4v) is 2.34. The van der Waals surface area contributed by atoms with Crippen LogP contribution in [-0.2, 0) is 4.84 Å². The van der Waals surface area contributed by atoms with Gasteiger partial charge in [0.1, 0.15) is 0 Å². The molecule has 0 radical (unpaired) electrons. The van der Waals surface area contributed by atoms with Crippen LogP contribution in [0.25, 0.3) is 0 Å². The number of carbonyl (C=O) groups is 2. The number of amidine groups is 1. The summed E-state index contributed by atoms with van der Waals surface area (Å²) in [6.45, 7) is 1.43. The topological polar surface area (TPSA) is 137 Å². The number of nitro groups is 1. The molecule has 0 aliphatic carbocycles. The molecule has 0 unspecified atom stereocenters. The first-order chi connectivity index (χ1) is 11.4.